The molecule has 0 unspecified atom stereocenters. The van der Waals surface area contributed by atoms with Crippen molar-refractivity contribution in [3.63, 3.8) is 0 Å². The summed E-state index contributed by atoms with van der Waals surface area (Å²) >= 11 is 0. The summed E-state index contributed by atoms with van der Waals surface area (Å²) in [6.07, 6.45) is 1.12. The lowest BCUT2D eigenvalue weighted by Crippen LogP contribution is -2.36. The van der Waals surface area contributed by atoms with Crippen LogP contribution in [0.2, 0.25) is 0 Å². The van der Waals surface area contributed by atoms with Gasteiger partial charge < -0.3 is 14.9 Å². The smallest absolute Gasteiger partial charge is 0.400 e. The number of furan rings is 1. The third kappa shape index (κ3) is 4.88. The minimum atomic E-state index is -0.686. The summed E-state index contributed by atoms with van der Waals surface area (Å²) < 4.78 is 16.0. The van der Waals surface area contributed by atoms with E-state index < -0.39 is 16.7 Å². The highest BCUT2D eigenvalue weighted by Crippen LogP contribution is 2.18. The van der Waals surface area contributed by atoms with Crippen LogP contribution in [-0.2, 0) is 11.3 Å². The van der Waals surface area contributed by atoms with Gasteiger partial charge in [-0.05, 0) is 16.4 Å². The molecule has 3 aromatic heterocycles. The van der Waals surface area contributed by atoms with Crippen LogP contribution in [0.3, 0.4) is 0 Å². The van der Waals surface area contributed by atoms with Crippen LogP contribution in [-0.4, -0.2) is 73.6 Å². The van der Waals surface area contributed by atoms with E-state index in [1.54, 1.807) is 0 Å². The number of carbonyl (C=O) groups is 1. The first-order valence-corrected chi connectivity index (χ1v) is 8.93. The van der Waals surface area contributed by atoms with Gasteiger partial charge in [-0.15, -0.1) is 17.5 Å². The largest absolute Gasteiger partial charge is 0.433 e. The Morgan fingerprint density at radius 2 is 2.12 bits per heavy atom. The molecular weight excluding hydrogens is 452 g/mol. The number of aromatic nitrogens is 5. The Balaban J connectivity index is 0.00000289. The molecule has 1 fully saturated rings. The second-order valence-electron chi connectivity index (χ2n) is 6.29. The van der Waals surface area contributed by atoms with Crippen molar-refractivity contribution in [2.75, 3.05) is 32.0 Å². The van der Waals surface area contributed by atoms with E-state index in [4.69, 9.17) is 14.9 Å². The summed E-state index contributed by atoms with van der Waals surface area (Å²) in [5, 5.41) is 29.6. The molecule has 0 radical (unpaired) electrons. The Hall–Kier alpha value is -3.89. The summed E-state index contributed by atoms with van der Waals surface area (Å²) in [5.74, 6) is -1.12. The fourth-order valence-corrected chi connectivity index (χ4v) is 2.82. The van der Waals surface area contributed by atoms with Gasteiger partial charge in [-0.1, -0.05) is 5.21 Å². The zero-order chi connectivity index (χ0) is 21.8. The number of nitrogens with zero attached hydrogens (tertiary/aromatic N) is 8. The normalized spacial score (nSPS) is 14.4. The lowest BCUT2D eigenvalue weighted by Gasteiger charge is -2.25. The van der Waals surface area contributed by atoms with Crippen molar-refractivity contribution < 1.29 is 23.5 Å². The highest BCUT2D eigenvalue weighted by Gasteiger charge is 2.26. The van der Waals surface area contributed by atoms with E-state index in [9.17, 15) is 14.9 Å². The van der Waals surface area contributed by atoms with Crippen LogP contribution in [0.4, 0.5) is 11.7 Å². The number of nitrogens with two attached hydrogens (primary N) is 1. The fourth-order valence-electron chi connectivity index (χ4n) is 2.82. The van der Waals surface area contributed by atoms with Gasteiger partial charge in [0.15, 0.2) is 11.5 Å². The number of rotatable bonds is 7. The van der Waals surface area contributed by atoms with Gasteiger partial charge in [0.2, 0.25) is 11.6 Å². The van der Waals surface area contributed by atoms with Gasteiger partial charge >= 0.3 is 5.88 Å². The SMILES string of the molecule is Cl.Nc1nonc1-n1nnc(CN2CCOCC2)c1C(=O)N/N=C/c1ccc([N+](=O)[O-])o1. The Morgan fingerprint density at radius 3 is 2.78 bits per heavy atom. The molecule has 0 bridgehead atoms. The molecule has 32 heavy (non-hydrogen) atoms. The van der Waals surface area contributed by atoms with E-state index >= 15 is 0 Å². The number of hydrazone groups is 1. The molecule has 4 heterocycles. The highest BCUT2D eigenvalue weighted by molar-refractivity contribution is 5.94. The maximum absolute atomic E-state index is 12.9. The van der Waals surface area contributed by atoms with Crippen molar-refractivity contribution in [2.45, 2.75) is 6.54 Å². The van der Waals surface area contributed by atoms with Crippen molar-refractivity contribution in [1.29, 1.82) is 0 Å². The van der Waals surface area contributed by atoms with Crippen molar-refractivity contribution in [1.82, 2.24) is 35.6 Å². The average molecular weight is 469 g/mol. The highest BCUT2D eigenvalue weighted by atomic mass is 35.5. The van der Waals surface area contributed by atoms with E-state index in [0.717, 1.165) is 10.9 Å². The first-order chi connectivity index (χ1) is 15.0. The number of amides is 1. The molecule has 1 aliphatic rings. The van der Waals surface area contributed by atoms with Gasteiger partial charge in [0, 0.05) is 19.6 Å². The molecule has 3 aromatic rings. The summed E-state index contributed by atoms with van der Waals surface area (Å²) in [6, 6.07) is 2.51. The lowest BCUT2D eigenvalue weighted by atomic mass is 10.2. The number of nitrogen functional groups attached to an aromatic ring is 1. The number of carbonyl (C=O) groups excluding carboxylic acids is 1. The maximum atomic E-state index is 12.9. The summed E-state index contributed by atoms with van der Waals surface area (Å²) in [4.78, 5) is 24.9. The second kappa shape index (κ2) is 9.94. The molecule has 16 nitrogen and oxygen atoms in total. The van der Waals surface area contributed by atoms with Crippen LogP contribution < -0.4 is 11.2 Å². The topological polar surface area (TPSA) is 206 Å². The van der Waals surface area contributed by atoms with E-state index in [1.165, 1.54) is 12.1 Å². The van der Waals surface area contributed by atoms with Gasteiger partial charge in [0.05, 0.1) is 25.5 Å². The molecule has 1 saturated heterocycles. The quantitative estimate of drug-likeness (QED) is 0.261. The zero-order valence-corrected chi connectivity index (χ0v) is 17.1. The van der Waals surface area contributed by atoms with Crippen LogP contribution in [0.1, 0.15) is 21.9 Å². The van der Waals surface area contributed by atoms with Crippen LogP contribution in [0, 0.1) is 10.1 Å². The van der Waals surface area contributed by atoms with Crippen LogP contribution >= 0.6 is 12.4 Å². The molecule has 4 rings (SSSR count). The molecule has 17 heteroatoms. The molecule has 0 spiro atoms. The minimum absolute atomic E-state index is 0. The summed E-state index contributed by atoms with van der Waals surface area (Å²) in [6.45, 7) is 2.78. The number of anilines is 1. The van der Waals surface area contributed by atoms with E-state index in [1.807, 2.05) is 4.90 Å². The molecule has 3 N–H and O–H groups in total. The van der Waals surface area contributed by atoms with E-state index in [2.05, 4.69) is 35.8 Å². The Kier molecular flexibility index (Phi) is 7.08. The van der Waals surface area contributed by atoms with E-state index in [-0.39, 0.29) is 35.5 Å². The number of ether oxygens (including phenoxy) is 1. The Bertz CT molecular complexity index is 1120. The van der Waals surface area contributed by atoms with Gasteiger partial charge in [-0.25, -0.2) is 10.1 Å². The third-order valence-corrected chi connectivity index (χ3v) is 4.28. The summed E-state index contributed by atoms with van der Waals surface area (Å²) in [5.41, 5.74) is 8.41. The second-order valence-corrected chi connectivity index (χ2v) is 6.29. The number of hydrogen-bond donors (Lipinski definition) is 2. The predicted molar refractivity (Wildman–Crippen MR) is 107 cm³/mol. The maximum Gasteiger partial charge on any atom is 0.433 e. The average Bonchev–Trinajstić information content (AvgIpc) is 3.48. The zero-order valence-electron chi connectivity index (χ0n) is 16.3. The molecule has 170 valence electrons. The predicted octanol–water partition coefficient (Wildman–Crippen LogP) is -0.248. The molecular formula is C15H17ClN10O6. The van der Waals surface area contributed by atoms with Gasteiger partial charge in [0.25, 0.3) is 5.91 Å². The third-order valence-electron chi connectivity index (χ3n) is 4.28. The first kappa shape index (κ1) is 22.8. The molecule has 1 amide bonds. The van der Waals surface area contributed by atoms with Crippen molar-refractivity contribution >= 4 is 36.2 Å². The minimum Gasteiger partial charge on any atom is -0.400 e. The van der Waals surface area contributed by atoms with Crippen LogP contribution in [0.5, 0.6) is 0 Å². The monoisotopic (exact) mass is 468 g/mol. The molecule has 1 aliphatic heterocycles. The van der Waals surface area contributed by atoms with Crippen LogP contribution in [0.15, 0.2) is 26.3 Å². The molecule has 0 aliphatic carbocycles. The van der Waals surface area contributed by atoms with Gasteiger partial charge in [0.1, 0.15) is 10.6 Å². The Labute approximate surface area is 184 Å². The molecule has 0 saturated carbocycles. The van der Waals surface area contributed by atoms with Crippen molar-refractivity contribution in [3.8, 4) is 5.82 Å². The molecule has 0 aromatic carbocycles. The van der Waals surface area contributed by atoms with Crippen LogP contribution in [0.25, 0.3) is 5.82 Å². The number of morpholine rings is 1. The summed E-state index contributed by atoms with van der Waals surface area (Å²) in [7, 11) is 0. The number of nitro groups is 1. The number of hydrogen-bond acceptors (Lipinski definition) is 13. The van der Waals surface area contributed by atoms with E-state index in [0.29, 0.717) is 38.5 Å². The van der Waals surface area contributed by atoms with Crippen molar-refractivity contribution in [2.24, 2.45) is 5.10 Å². The van der Waals surface area contributed by atoms with Crippen molar-refractivity contribution in [3.05, 3.63) is 39.4 Å². The Morgan fingerprint density at radius 1 is 1.34 bits per heavy atom. The number of nitrogens with one attached hydrogen (secondary N) is 1. The standard InChI is InChI=1S/C15H16N10O6.ClH/c16-13-14(21-31-20-13)24-12(10(18-22-24)8-23-3-5-29-6-4-23)15(26)19-17-7-9-1-2-11(30-9)25(27)28;/h1-2,7H,3-6,8H2,(H2,16,20)(H,19,26);1H/b17-7+;. The van der Waals surface area contributed by atoms with Gasteiger partial charge in [-0.3, -0.25) is 19.8 Å². The number of halogens is 1. The first-order valence-electron chi connectivity index (χ1n) is 8.93. The van der Waals surface area contributed by atoms with Gasteiger partial charge in [-0.2, -0.15) is 9.78 Å². The fraction of sp³-hybridized carbons (Fsp3) is 0.333. The molecule has 0 atom stereocenters. The lowest BCUT2D eigenvalue weighted by molar-refractivity contribution is -0.402.